The highest BCUT2D eigenvalue weighted by molar-refractivity contribution is 5.73. The lowest BCUT2D eigenvalue weighted by atomic mass is 9.94. The predicted octanol–water partition coefficient (Wildman–Crippen LogP) is -9.44. The molecule has 10 unspecified atom stereocenters. The van der Waals surface area contributed by atoms with Crippen LogP contribution in [-0.2, 0) is 63.5 Å². The van der Waals surface area contributed by atoms with Crippen LogP contribution in [0.1, 0.15) is 18.9 Å². The van der Waals surface area contributed by atoms with Crippen LogP contribution in [0.15, 0.2) is 30.3 Å². The van der Waals surface area contributed by atoms with Gasteiger partial charge in [0.05, 0.1) is 39.6 Å². The van der Waals surface area contributed by atoms with Crippen molar-refractivity contribution in [3.63, 3.8) is 0 Å². The summed E-state index contributed by atoms with van der Waals surface area (Å²) in [6.45, 7) is -3.60. The molecular formula is C43H68N2O28. The molecule has 5 aliphatic rings. The van der Waals surface area contributed by atoms with E-state index in [1.807, 2.05) is 6.07 Å². The molecular weight excluding hydrogens is 992 g/mol. The Hall–Kier alpha value is -3.04. The van der Waals surface area contributed by atoms with Gasteiger partial charge in [-0.1, -0.05) is 30.3 Å². The molecule has 5 aliphatic heterocycles. The van der Waals surface area contributed by atoms with Crippen LogP contribution in [0.3, 0.4) is 0 Å². The molecule has 0 spiro atoms. The maximum atomic E-state index is 12.6. The molecule has 0 radical (unpaired) electrons. The molecule has 0 aromatic heterocycles. The highest BCUT2D eigenvalue weighted by atomic mass is 16.8. The van der Waals surface area contributed by atoms with E-state index in [4.69, 9.17) is 52.1 Å². The smallest absolute Gasteiger partial charge is 0.407 e. The molecule has 5 saturated heterocycles. The molecule has 30 heteroatoms. The Labute approximate surface area is 415 Å². The highest BCUT2D eigenvalue weighted by Crippen LogP contribution is 2.36. The van der Waals surface area contributed by atoms with Crippen LogP contribution in [0, 0.1) is 0 Å². The predicted molar refractivity (Wildman–Crippen MR) is 231 cm³/mol. The van der Waals surface area contributed by atoms with Crippen molar-refractivity contribution in [2.24, 2.45) is 0 Å². The van der Waals surface area contributed by atoms with Crippen LogP contribution in [0.25, 0.3) is 0 Å². The number of hydrogen-bond donors (Lipinski definition) is 17. The minimum absolute atomic E-state index is 0.0436. The van der Waals surface area contributed by atoms with Gasteiger partial charge in [0.2, 0.25) is 5.91 Å². The van der Waals surface area contributed by atoms with Gasteiger partial charge in [-0.05, 0) is 12.0 Å². The second kappa shape index (κ2) is 27.3. The fourth-order valence-electron chi connectivity index (χ4n) is 8.79. The second-order valence-corrected chi connectivity index (χ2v) is 17.9. The third-order valence-corrected chi connectivity index (χ3v) is 12.8. The monoisotopic (exact) mass is 1060 g/mol. The maximum absolute atomic E-state index is 12.6. The Morgan fingerprint density at radius 1 is 0.493 bits per heavy atom. The summed E-state index contributed by atoms with van der Waals surface area (Å²) in [7, 11) is 0. The molecule has 5 fully saturated rings. The number of rotatable bonds is 21. The van der Waals surface area contributed by atoms with Gasteiger partial charge in [0.15, 0.2) is 31.5 Å². The molecule has 0 saturated carbocycles. The van der Waals surface area contributed by atoms with Gasteiger partial charge in [-0.25, -0.2) is 4.79 Å². The number of alkyl carbamates (subject to hydrolysis) is 1. The van der Waals surface area contributed by atoms with Crippen LogP contribution in [0.2, 0.25) is 0 Å². The number of carbonyl (C=O) groups excluding carboxylic acids is 2. The van der Waals surface area contributed by atoms with E-state index in [2.05, 4.69) is 10.6 Å². The van der Waals surface area contributed by atoms with Crippen molar-refractivity contribution in [3.8, 4) is 0 Å². The van der Waals surface area contributed by atoms with E-state index < -0.39 is 199 Å². The largest absolute Gasteiger partial charge is 0.445 e. The molecule has 25 atom stereocenters. The SMILES string of the molecule is CC(=O)N[C@H]1C(O[C@H]2[C@@H](O)C(CO)OC(O[C@H]3C(O)C(O)[C@@H](OCCCNC(=O)OCc4ccccc4)O[C@@H]3CO)[C@@H]2O)OC(CO)[C@H](O[C@H]2O[C@H](CO)[C@@H](O)C(O[C@H]3O[C@H](CO)[C@@H](O)C(O)C3O)C2O)[C@@H]1O. The van der Waals surface area contributed by atoms with E-state index in [0.717, 1.165) is 12.5 Å². The quantitative estimate of drug-likeness (QED) is 0.0508. The van der Waals surface area contributed by atoms with Gasteiger partial charge in [-0.2, -0.15) is 0 Å². The standard InChI is InChI=1S/C43H68N2O28/c1-16(51)45-23-27(55)34(70-41-33(61)37(26(54)20(12-48)66-41)73-40-30(58)28(56)24(52)18(10-46)65-40)21(13-49)68-38(23)72-36-25(53)19(11-47)67-42(32(36)60)71-35-22(14-50)69-39(31(59)29(35)57)63-9-5-8-44-43(62)64-15-17-6-3-2-4-7-17/h2-4,6-7,18-42,46-50,52-61H,5,8-15H2,1H3,(H,44,62)(H,45,51)/t18-,19?,20-,21?,22-,23-,24-,25+,26-,27-,28?,29?,30?,31?,32-,33?,34+,35-,36+,37?,38?,39+,40-,41-,42?/m1/s1. The lowest BCUT2D eigenvalue weighted by Crippen LogP contribution is -2.70. The van der Waals surface area contributed by atoms with Gasteiger partial charge in [-0.15, -0.1) is 0 Å². The number of aliphatic hydroxyl groups excluding tert-OH is 15. The average Bonchev–Trinajstić information content (AvgIpc) is 3.38. The van der Waals surface area contributed by atoms with Gasteiger partial charge in [-0.3, -0.25) is 4.79 Å². The third kappa shape index (κ3) is 14.1. The topological polar surface area (TPSA) is 463 Å². The lowest BCUT2D eigenvalue weighted by Gasteiger charge is -2.50. The molecule has 418 valence electrons. The van der Waals surface area contributed by atoms with Crippen molar-refractivity contribution in [3.05, 3.63) is 35.9 Å². The maximum Gasteiger partial charge on any atom is 0.407 e. The molecule has 6 rings (SSSR count). The molecule has 0 bridgehead atoms. The first kappa shape index (κ1) is 59.2. The first-order chi connectivity index (χ1) is 34.9. The van der Waals surface area contributed by atoms with Crippen LogP contribution in [0.5, 0.6) is 0 Å². The number of hydrogen-bond acceptors (Lipinski definition) is 28. The highest BCUT2D eigenvalue weighted by Gasteiger charge is 2.57. The Morgan fingerprint density at radius 3 is 1.45 bits per heavy atom. The number of nitrogens with one attached hydrogen (secondary N) is 2. The number of ether oxygens (including phenoxy) is 11. The Balaban J connectivity index is 1.10. The van der Waals surface area contributed by atoms with Crippen molar-refractivity contribution in [1.82, 2.24) is 10.6 Å². The fraction of sp³-hybridized carbons (Fsp3) is 0.814. The second-order valence-electron chi connectivity index (χ2n) is 17.9. The minimum Gasteiger partial charge on any atom is -0.445 e. The summed E-state index contributed by atoms with van der Waals surface area (Å²) in [6.07, 6.45) is -44.6. The van der Waals surface area contributed by atoms with Gasteiger partial charge in [0.25, 0.3) is 0 Å². The summed E-state index contributed by atoms with van der Waals surface area (Å²) < 4.78 is 62.1. The van der Waals surface area contributed by atoms with Gasteiger partial charge >= 0.3 is 6.09 Å². The van der Waals surface area contributed by atoms with E-state index in [0.29, 0.717) is 0 Å². The van der Waals surface area contributed by atoms with Gasteiger partial charge in [0.1, 0.15) is 129 Å². The summed E-state index contributed by atoms with van der Waals surface area (Å²) in [5.41, 5.74) is 0.779. The van der Waals surface area contributed by atoms with Crippen molar-refractivity contribution in [2.75, 3.05) is 46.2 Å². The van der Waals surface area contributed by atoms with Gasteiger partial charge < -0.3 is 139 Å². The number of benzene rings is 1. The Morgan fingerprint density at radius 2 is 0.932 bits per heavy atom. The molecule has 2 amide bonds. The number of amides is 2. The zero-order chi connectivity index (χ0) is 53.3. The molecule has 73 heavy (non-hydrogen) atoms. The number of carbonyl (C=O) groups is 2. The molecule has 30 nitrogen and oxygen atoms in total. The molecule has 17 N–H and O–H groups in total. The normalized spacial score (nSPS) is 43.3. The molecule has 1 aromatic rings. The van der Waals surface area contributed by atoms with Crippen molar-refractivity contribution in [1.29, 1.82) is 0 Å². The summed E-state index contributed by atoms with van der Waals surface area (Å²) >= 11 is 0. The summed E-state index contributed by atoms with van der Waals surface area (Å²) in [4.78, 5) is 24.6. The van der Waals surface area contributed by atoms with E-state index in [9.17, 15) is 86.2 Å². The van der Waals surface area contributed by atoms with Crippen LogP contribution >= 0.6 is 0 Å². The van der Waals surface area contributed by atoms with Crippen molar-refractivity contribution in [2.45, 2.75) is 173 Å². The van der Waals surface area contributed by atoms with Crippen LogP contribution < -0.4 is 10.6 Å². The summed E-state index contributed by atoms with van der Waals surface area (Å²) in [5, 5.41) is 166. The summed E-state index contributed by atoms with van der Waals surface area (Å²) in [6, 6.07) is 7.22. The molecule has 5 heterocycles. The number of aliphatic hydroxyl groups is 15. The van der Waals surface area contributed by atoms with Crippen LogP contribution in [0.4, 0.5) is 4.79 Å². The molecule has 1 aromatic carbocycles. The third-order valence-electron chi connectivity index (χ3n) is 12.8. The lowest BCUT2D eigenvalue weighted by molar-refractivity contribution is -0.387. The van der Waals surface area contributed by atoms with E-state index >= 15 is 0 Å². The van der Waals surface area contributed by atoms with E-state index in [1.165, 1.54) is 0 Å². The molecule has 0 aliphatic carbocycles. The zero-order valence-corrected chi connectivity index (χ0v) is 39.2. The van der Waals surface area contributed by atoms with Gasteiger partial charge in [0, 0.05) is 13.5 Å². The van der Waals surface area contributed by atoms with Crippen LogP contribution in [-0.4, -0.2) is 288 Å². The van der Waals surface area contributed by atoms with Crippen molar-refractivity contribution >= 4 is 12.0 Å². The zero-order valence-electron chi connectivity index (χ0n) is 39.2. The first-order valence-corrected chi connectivity index (χ1v) is 23.4. The summed E-state index contributed by atoms with van der Waals surface area (Å²) in [5.74, 6) is -0.826. The van der Waals surface area contributed by atoms with E-state index in [1.54, 1.807) is 24.3 Å². The van der Waals surface area contributed by atoms with E-state index in [-0.39, 0.29) is 26.2 Å². The minimum atomic E-state index is -2.11. The first-order valence-electron chi connectivity index (χ1n) is 23.4. The van der Waals surface area contributed by atoms with Crippen molar-refractivity contribution < 1.29 is 138 Å². The Kier molecular flexibility index (Phi) is 22.2. The average molecular weight is 1060 g/mol. The Bertz CT molecular complexity index is 1830. The fourth-order valence-corrected chi connectivity index (χ4v) is 8.79.